The molecule has 13 heavy (non-hydrogen) atoms. The van der Waals surface area contributed by atoms with Gasteiger partial charge in [-0.15, -0.1) is 6.58 Å². The van der Waals surface area contributed by atoms with Gasteiger partial charge < -0.3 is 9.67 Å². The molecule has 0 amide bonds. The first-order chi connectivity index (χ1) is 6.11. The number of hydrogen-bond donors (Lipinski definition) is 1. The molecule has 3 heteroatoms. The Morgan fingerprint density at radius 3 is 2.92 bits per heavy atom. The summed E-state index contributed by atoms with van der Waals surface area (Å²) in [5.41, 5.74) is 1.39. The number of aryl methyl sites for hydroxylation is 1. The highest BCUT2D eigenvalue weighted by molar-refractivity contribution is 5.85. The van der Waals surface area contributed by atoms with Crippen LogP contribution in [0.2, 0.25) is 0 Å². The fourth-order valence-corrected chi connectivity index (χ4v) is 1.11. The van der Waals surface area contributed by atoms with Crippen LogP contribution in [0, 0.1) is 0 Å². The molecule has 0 atom stereocenters. The number of aromatic nitrogens is 1. The van der Waals surface area contributed by atoms with E-state index in [9.17, 15) is 4.79 Å². The summed E-state index contributed by atoms with van der Waals surface area (Å²) in [5.74, 6) is -0.883. The van der Waals surface area contributed by atoms with Crippen molar-refractivity contribution < 1.29 is 9.90 Å². The minimum atomic E-state index is -0.883. The fourth-order valence-electron chi connectivity index (χ4n) is 1.11. The van der Waals surface area contributed by atoms with Gasteiger partial charge in [-0.3, -0.25) is 0 Å². The Hall–Kier alpha value is -1.51. The summed E-state index contributed by atoms with van der Waals surface area (Å²) in [6, 6.07) is 3.34. The van der Waals surface area contributed by atoms with E-state index in [-0.39, 0.29) is 0 Å². The fraction of sp³-hybridized carbons (Fsp3) is 0.300. The molecule has 3 nitrogen and oxygen atoms in total. The van der Waals surface area contributed by atoms with E-state index in [4.69, 9.17) is 5.11 Å². The molecule has 1 aromatic rings. The van der Waals surface area contributed by atoms with Crippen molar-refractivity contribution in [2.75, 3.05) is 0 Å². The third-order valence-electron chi connectivity index (χ3n) is 1.83. The van der Waals surface area contributed by atoms with Crippen LogP contribution in [-0.4, -0.2) is 15.6 Å². The van der Waals surface area contributed by atoms with Gasteiger partial charge >= 0.3 is 5.97 Å². The van der Waals surface area contributed by atoms with Gasteiger partial charge in [-0.05, 0) is 25.5 Å². The van der Waals surface area contributed by atoms with Crippen molar-refractivity contribution in [1.29, 1.82) is 0 Å². The van der Waals surface area contributed by atoms with Gasteiger partial charge in [0.25, 0.3) is 0 Å². The highest BCUT2D eigenvalue weighted by Crippen LogP contribution is 2.06. The topological polar surface area (TPSA) is 42.2 Å². The molecule has 0 bridgehead atoms. The van der Waals surface area contributed by atoms with Gasteiger partial charge in [-0.1, -0.05) is 5.57 Å². The Morgan fingerprint density at radius 1 is 1.69 bits per heavy atom. The van der Waals surface area contributed by atoms with Gasteiger partial charge in [-0.25, -0.2) is 4.79 Å². The molecule has 0 aliphatic rings. The predicted molar refractivity (Wildman–Crippen MR) is 50.8 cm³/mol. The van der Waals surface area contributed by atoms with Crippen molar-refractivity contribution in [3.05, 3.63) is 36.2 Å². The summed E-state index contributed by atoms with van der Waals surface area (Å²) in [6.45, 7) is 6.39. The molecule has 0 saturated heterocycles. The van der Waals surface area contributed by atoms with Crippen molar-refractivity contribution in [2.45, 2.75) is 19.9 Å². The summed E-state index contributed by atoms with van der Waals surface area (Å²) in [4.78, 5) is 10.7. The smallest absolute Gasteiger partial charge is 0.352 e. The van der Waals surface area contributed by atoms with E-state index < -0.39 is 5.97 Å². The largest absolute Gasteiger partial charge is 0.477 e. The van der Waals surface area contributed by atoms with E-state index in [0.717, 1.165) is 12.0 Å². The predicted octanol–water partition coefficient (Wildman–Crippen LogP) is 2.15. The lowest BCUT2D eigenvalue weighted by molar-refractivity contribution is 0.0685. The lowest BCUT2D eigenvalue weighted by Crippen LogP contribution is -2.07. The van der Waals surface area contributed by atoms with Crippen molar-refractivity contribution in [1.82, 2.24) is 4.57 Å². The van der Waals surface area contributed by atoms with Crippen LogP contribution in [0.4, 0.5) is 0 Å². The van der Waals surface area contributed by atoms with Crippen LogP contribution in [0.3, 0.4) is 0 Å². The summed E-state index contributed by atoms with van der Waals surface area (Å²) >= 11 is 0. The van der Waals surface area contributed by atoms with Crippen LogP contribution in [0.1, 0.15) is 23.8 Å². The van der Waals surface area contributed by atoms with E-state index in [0.29, 0.717) is 12.2 Å². The van der Waals surface area contributed by atoms with E-state index >= 15 is 0 Å². The average Bonchev–Trinajstić information content (AvgIpc) is 2.47. The maximum atomic E-state index is 10.7. The summed E-state index contributed by atoms with van der Waals surface area (Å²) in [6.07, 6.45) is 2.58. The number of hydrogen-bond acceptors (Lipinski definition) is 1. The highest BCUT2D eigenvalue weighted by Gasteiger charge is 2.07. The molecule has 0 spiro atoms. The van der Waals surface area contributed by atoms with Crippen molar-refractivity contribution in [3.8, 4) is 0 Å². The molecule has 1 rings (SSSR count). The monoisotopic (exact) mass is 179 g/mol. The number of rotatable bonds is 4. The molecule has 0 saturated carbocycles. The molecule has 70 valence electrons. The second kappa shape index (κ2) is 3.94. The molecule has 1 heterocycles. The molecule has 0 aliphatic carbocycles. The number of nitrogens with zero attached hydrogens (tertiary/aromatic N) is 1. The third kappa shape index (κ3) is 2.47. The number of aromatic carboxylic acids is 1. The average molecular weight is 179 g/mol. The molecule has 0 radical (unpaired) electrons. The van der Waals surface area contributed by atoms with Crippen LogP contribution in [0.15, 0.2) is 30.5 Å². The van der Waals surface area contributed by atoms with Gasteiger partial charge in [0.2, 0.25) is 0 Å². The Labute approximate surface area is 77.3 Å². The van der Waals surface area contributed by atoms with Crippen LogP contribution >= 0.6 is 0 Å². The van der Waals surface area contributed by atoms with E-state index in [1.54, 1.807) is 22.9 Å². The maximum absolute atomic E-state index is 10.7. The zero-order valence-electron chi connectivity index (χ0n) is 7.66. The van der Waals surface area contributed by atoms with Gasteiger partial charge in [0.1, 0.15) is 5.69 Å². The normalized spacial score (nSPS) is 9.92. The molecule has 0 unspecified atom stereocenters. The summed E-state index contributed by atoms with van der Waals surface area (Å²) in [5, 5.41) is 8.78. The van der Waals surface area contributed by atoms with Crippen LogP contribution < -0.4 is 0 Å². The Kier molecular flexibility index (Phi) is 2.90. The number of allylic oxidation sites excluding steroid dienone is 1. The molecular weight excluding hydrogens is 166 g/mol. The van der Waals surface area contributed by atoms with Crippen LogP contribution in [0.5, 0.6) is 0 Å². The van der Waals surface area contributed by atoms with Gasteiger partial charge in [0.05, 0.1) is 0 Å². The SMILES string of the molecule is C=C(C)CCn1cccc1C(=O)O. The zero-order chi connectivity index (χ0) is 9.84. The second-order valence-corrected chi connectivity index (χ2v) is 3.10. The molecule has 0 aliphatic heterocycles. The van der Waals surface area contributed by atoms with E-state index in [1.165, 1.54) is 0 Å². The Bertz CT molecular complexity index is 325. The number of carboxylic acids is 1. The van der Waals surface area contributed by atoms with Crippen molar-refractivity contribution in [3.63, 3.8) is 0 Å². The van der Waals surface area contributed by atoms with Crippen molar-refractivity contribution in [2.24, 2.45) is 0 Å². The third-order valence-corrected chi connectivity index (χ3v) is 1.83. The summed E-state index contributed by atoms with van der Waals surface area (Å²) in [7, 11) is 0. The van der Waals surface area contributed by atoms with Gasteiger partial charge in [0.15, 0.2) is 0 Å². The molecular formula is C10H13NO2. The minimum Gasteiger partial charge on any atom is -0.477 e. The van der Waals surface area contributed by atoms with E-state index in [1.807, 2.05) is 6.92 Å². The molecule has 1 aromatic heterocycles. The lowest BCUT2D eigenvalue weighted by Gasteiger charge is -2.05. The lowest BCUT2D eigenvalue weighted by atomic mass is 10.2. The van der Waals surface area contributed by atoms with Crippen LogP contribution in [0.25, 0.3) is 0 Å². The molecule has 0 fully saturated rings. The molecule has 0 aromatic carbocycles. The van der Waals surface area contributed by atoms with E-state index in [2.05, 4.69) is 6.58 Å². The molecule has 1 N–H and O–H groups in total. The van der Waals surface area contributed by atoms with Gasteiger partial charge in [-0.2, -0.15) is 0 Å². The minimum absolute atomic E-state index is 0.334. The zero-order valence-corrected chi connectivity index (χ0v) is 7.66. The van der Waals surface area contributed by atoms with Gasteiger partial charge in [0, 0.05) is 12.7 Å². The Morgan fingerprint density at radius 2 is 2.38 bits per heavy atom. The Balaban J connectivity index is 2.71. The summed E-state index contributed by atoms with van der Waals surface area (Å²) < 4.78 is 1.72. The first-order valence-electron chi connectivity index (χ1n) is 4.14. The van der Waals surface area contributed by atoms with Crippen molar-refractivity contribution >= 4 is 5.97 Å². The number of carboxylic acid groups (broad SMARTS) is 1. The first-order valence-corrected chi connectivity index (χ1v) is 4.14. The standard InChI is InChI=1S/C10H13NO2/c1-8(2)5-7-11-6-3-4-9(11)10(12)13/h3-4,6H,1,5,7H2,2H3,(H,12,13). The maximum Gasteiger partial charge on any atom is 0.352 e. The number of carbonyl (C=O) groups is 1. The first kappa shape index (κ1) is 9.58. The quantitative estimate of drug-likeness (QED) is 0.719. The van der Waals surface area contributed by atoms with Crippen LogP contribution in [-0.2, 0) is 6.54 Å². The highest BCUT2D eigenvalue weighted by atomic mass is 16.4. The second-order valence-electron chi connectivity index (χ2n) is 3.10.